The van der Waals surface area contributed by atoms with E-state index in [1.54, 1.807) is 12.1 Å². The normalized spacial score (nSPS) is 10.4. The number of aromatic nitrogens is 2. The maximum Gasteiger partial charge on any atom is 0.277 e. The van der Waals surface area contributed by atoms with Crippen molar-refractivity contribution in [3.63, 3.8) is 0 Å². The Bertz CT molecular complexity index is 1050. The SMILES string of the molecule is NC(=O)c1ccc(NC(=O)CSc2nnc(CNC(=O)c3ccc(F)cc3)o2)cc1. The first-order chi connectivity index (χ1) is 14.4. The lowest BCUT2D eigenvalue weighted by atomic mass is 10.2. The van der Waals surface area contributed by atoms with E-state index in [0.717, 1.165) is 11.8 Å². The topological polar surface area (TPSA) is 140 Å². The highest BCUT2D eigenvalue weighted by Crippen LogP contribution is 2.17. The molecule has 9 nitrogen and oxygen atoms in total. The van der Waals surface area contributed by atoms with Gasteiger partial charge in [0.2, 0.25) is 17.7 Å². The Labute approximate surface area is 174 Å². The third-order valence-electron chi connectivity index (χ3n) is 3.73. The number of amides is 3. The van der Waals surface area contributed by atoms with E-state index in [1.165, 1.54) is 36.4 Å². The zero-order chi connectivity index (χ0) is 21.5. The summed E-state index contributed by atoms with van der Waals surface area (Å²) < 4.78 is 18.3. The predicted octanol–water partition coefficient (Wildman–Crippen LogP) is 1.97. The Morgan fingerprint density at radius 1 is 1.00 bits per heavy atom. The van der Waals surface area contributed by atoms with Crippen LogP contribution in [0.1, 0.15) is 26.6 Å². The van der Waals surface area contributed by atoms with Gasteiger partial charge in [0.25, 0.3) is 11.1 Å². The molecule has 0 atom stereocenters. The summed E-state index contributed by atoms with van der Waals surface area (Å²) in [6.07, 6.45) is 0. The molecular weight excluding hydrogens is 413 g/mol. The second-order valence-corrected chi connectivity index (χ2v) is 6.86. The molecule has 2 aromatic carbocycles. The highest BCUT2D eigenvalue weighted by atomic mass is 32.2. The maximum atomic E-state index is 12.9. The van der Waals surface area contributed by atoms with Gasteiger partial charge < -0.3 is 20.8 Å². The van der Waals surface area contributed by atoms with Crippen LogP contribution in [0.4, 0.5) is 10.1 Å². The van der Waals surface area contributed by atoms with E-state index in [4.69, 9.17) is 10.2 Å². The van der Waals surface area contributed by atoms with Crippen LogP contribution in [0, 0.1) is 5.82 Å². The number of rotatable bonds is 8. The second-order valence-electron chi connectivity index (χ2n) is 5.93. The lowest BCUT2D eigenvalue weighted by molar-refractivity contribution is -0.113. The van der Waals surface area contributed by atoms with Crippen molar-refractivity contribution >= 4 is 35.2 Å². The lowest BCUT2D eigenvalue weighted by Gasteiger charge is -2.04. The van der Waals surface area contributed by atoms with Crippen LogP contribution in [0.3, 0.4) is 0 Å². The van der Waals surface area contributed by atoms with E-state index in [-0.39, 0.29) is 29.3 Å². The molecule has 0 spiro atoms. The molecule has 4 N–H and O–H groups in total. The average molecular weight is 429 g/mol. The van der Waals surface area contributed by atoms with Gasteiger partial charge >= 0.3 is 0 Å². The smallest absolute Gasteiger partial charge is 0.277 e. The summed E-state index contributed by atoms with van der Waals surface area (Å²) >= 11 is 1.03. The van der Waals surface area contributed by atoms with Crippen molar-refractivity contribution in [3.8, 4) is 0 Å². The molecule has 1 aromatic heterocycles. The summed E-state index contributed by atoms with van der Waals surface area (Å²) in [4.78, 5) is 35.0. The van der Waals surface area contributed by atoms with Gasteiger partial charge in [0, 0.05) is 16.8 Å². The van der Waals surface area contributed by atoms with Crippen molar-refractivity contribution in [2.75, 3.05) is 11.1 Å². The summed E-state index contributed by atoms with van der Waals surface area (Å²) in [6.45, 7) is -0.0117. The summed E-state index contributed by atoms with van der Waals surface area (Å²) in [7, 11) is 0. The van der Waals surface area contributed by atoms with Gasteiger partial charge in [-0.1, -0.05) is 11.8 Å². The molecule has 0 aliphatic carbocycles. The van der Waals surface area contributed by atoms with E-state index < -0.39 is 17.6 Å². The van der Waals surface area contributed by atoms with Gasteiger partial charge in [-0.05, 0) is 48.5 Å². The molecule has 0 fully saturated rings. The minimum atomic E-state index is -0.551. The minimum absolute atomic E-state index is 0.0117. The Kier molecular flexibility index (Phi) is 6.75. The molecule has 3 amide bonds. The van der Waals surface area contributed by atoms with Crippen LogP contribution in [-0.2, 0) is 11.3 Å². The van der Waals surface area contributed by atoms with Gasteiger partial charge in [0.05, 0.1) is 12.3 Å². The van der Waals surface area contributed by atoms with Crippen LogP contribution in [0.5, 0.6) is 0 Å². The standard InChI is InChI=1S/C19H16FN5O4S/c20-13-5-1-12(2-6-13)18(28)22-9-16-24-25-19(29-16)30-10-15(26)23-14-7-3-11(4-8-14)17(21)27/h1-8H,9-10H2,(H2,21,27)(H,22,28)(H,23,26). The van der Waals surface area contributed by atoms with E-state index in [9.17, 15) is 18.8 Å². The highest BCUT2D eigenvalue weighted by Gasteiger charge is 2.12. The fourth-order valence-electron chi connectivity index (χ4n) is 2.27. The monoisotopic (exact) mass is 429 g/mol. The zero-order valence-corrected chi connectivity index (χ0v) is 16.2. The molecule has 0 radical (unpaired) electrons. The molecule has 11 heteroatoms. The maximum absolute atomic E-state index is 12.9. The molecule has 0 aliphatic rings. The molecule has 0 aliphatic heterocycles. The molecule has 0 unspecified atom stereocenters. The van der Waals surface area contributed by atoms with Crippen LogP contribution >= 0.6 is 11.8 Å². The summed E-state index contributed by atoms with van der Waals surface area (Å²) in [5, 5.41) is 13.0. The predicted molar refractivity (Wildman–Crippen MR) is 106 cm³/mol. The summed E-state index contributed by atoms with van der Waals surface area (Å²) in [5.41, 5.74) is 6.31. The zero-order valence-electron chi connectivity index (χ0n) is 15.4. The Morgan fingerprint density at radius 2 is 1.67 bits per heavy atom. The van der Waals surface area contributed by atoms with Gasteiger partial charge in [-0.25, -0.2) is 4.39 Å². The van der Waals surface area contributed by atoms with Crippen molar-refractivity contribution in [2.45, 2.75) is 11.8 Å². The third-order valence-corrected chi connectivity index (χ3v) is 4.55. The van der Waals surface area contributed by atoms with Crippen molar-refractivity contribution < 1.29 is 23.2 Å². The van der Waals surface area contributed by atoms with E-state index >= 15 is 0 Å². The van der Waals surface area contributed by atoms with Crippen LogP contribution in [0.25, 0.3) is 0 Å². The largest absolute Gasteiger partial charge is 0.414 e. The van der Waals surface area contributed by atoms with Crippen molar-refractivity contribution in [3.05, 3.63) is 71.4 Å². The molecule has 0 bridgehead atoms. The first-order valence-corrected chi connectivity index (χ1v) is 9.58. The molecule has 0 saturated heterocycles. The molecular formula is C19H16FN5O4S. The first kappa shape index (κ1) is 21.0. The van der Waals surface area contributed by atoms with Gasteiger partial charge in [-0.3, -0.25) is 14.4 Å². The number of nitrogens with two attached hydrogens (primary N) is 1. The third kappa shape index (κ3) is 5.88. The number of carbonyl (C=O) groups is 3. The van der Waals surface area contributed by atoms with Crippen LogP contribution in [0.2, 0.25) is 0 Å². The highest BCUT2D eigenvalue weighted by molar-refractivity contribution is 7.99. The Morgan fingerprint density at radius 3 is 2.33 bits per heavy atom. The number of hydrogen-bond donors (Lipinski definition) is 3. The summed E-state index contributed by atoms with van der Waals surface area (Å²) in [6, 6.07) is 11.3. The number of benzene rings is 2. The van der Waals surface area contributed by atoms with Gasteiger partial charge in [-0.2, -0.15) is 0 Å². The number of nitrogens with one attached hydrogen (secondary N) is 2. The molecule has 3 aromatic rings. The molecule has 1 heterocycles. The number of thioether (sulfide) groups is 1. The number of carbonyl (C=O) groups excluding carboxylic acids is 3. The average Bonchev–Trinajstić information content (AvgIpc) is 3.19. The Balaban J connectivity index is 1.44. The molecule has 3 rings (SSSR count). The number of anilines is 1. The Hall–Kier alpha value is -3.73. The van der Waals surface area contributed by atoms with E-state index in [0.29, 0.717) is 16.8 Å². The number of hydrogen-bond acceptors (Lipinski definition) is 7. The van der Waals surface area contributed by atoms with Gasteiger partial charge in [0.1, 0.15) is 5.82 Å². The van der Waals surface area contributed by atoms with Gasteiger partial charge in [0.15, 0.2) is 0 Å². The number of nitrogens with zero attached hydrogens (tertiary/aromatic N) is 2. The van der Waals surface area contributed by atoms with Crippen LogP contribution < -0.4 is 16.4 Å². The fourth-order valence-corrected chi connectivity index (χ4v) is 2.85. The first-order valence-electron chi connectivity index (χ1n) is 8.59. The lowest BCUT2D eigenvalue weighted by Crippen LogP contribution is -2.22. The van der Waals surface area contributed by atoms with Crippen molar-refractivity contribution in [2.24, 2.45) is 5.73 Å². The van der Waals surface area contributed by atoms with E-state index in [2.05, 4.69) is 20.8 Å². The van der Waals surface area contributed by atoms with Crippen LogP contribution in [0.15, 0.2) is 58.2 Å². The molecule has 154 valence electrons. The van der Waals surface area contributed by atoms with Crippen LogP contribution in [-0.4, -0.2) is 33.7 Å². The molecule has 0 saturated carbocycles. The quantitative estimate of drug-likeness (QED) is 0.465. The molecule has 30 heavy (non-hydrogen) atoms. The van der Waals surface area contributed by atoms with Crippen molar-refractivity contribution in [1.29, 1.82) is 0 Å². The summed E-state index contributed by atoms with van der Waals surface area (Å²) in [5.74, 6) is -1.53. The second kappa shape index (κ2) is 9.65. The van der Waals surface area contributed by atoms with E-state index in [1.807, 2.05) is 0 Å². The number of primary amides is 1. The van der Waals surface area contributed by atoms with Gasteiger partial charge in [-0.15, -0.1) is 10.2 Å². The fraction of sp³-hybridized carbons (Fsp3) is 0.105. The minimum Gasteiger partial charge on any atom is -0.414 e. The number of halogens is 1. The van der Waals surface area contributed by atoms with Crippen molar-refractivity contribution in [1.82, 2.24) is 15.5 Å².